The minimum absolute atomic E-state index is 0.0668. The normalized spacial score (nSPS) is 12.2. The van der Waals surface area contributed by atoms with Gasteiger partial charge in [0.1, 0.15) is 0 Å². The fraction of sp³-hybridized carbons (Fsp3) is 0.231. The van der Waals surface area contributed by atoms with Gasteiger partial charge in [-0.2, -0.15) is 0 Å². The van der Waals surface area contributed by atoms with Crippen LogP contribution in [-0.4, -0.2) is 17.0 Å². The zero-order valence-electron chi connectivity index (χ0n) is 10.1. The molecule has 0 aliphatic rings. The highest BCUT2D eigenvalue weighted by Gasteiger charge is 2.16. The first kappa shape index (κ1) is 13.1. The Kier molecular flexibility index (Phi) is 4.04. The predicted molar refractivity (Wildman–Crippen MR) is 75.3 cm³/mol. The highest BCUT2D eigenvalue weighted by atomic mass is 35.5. The monoisotopic (exact) mass is 281 g/mol. The van der Waals surface area contributed by atoms with Crippen molar-refractivity contribution < 1.29 is 0 Å². The molecule has 0 spiro atoms. The Balaban J connectivity index is 2.28. The van der Waals surface area contributed by atoms with E-state index in [2.05, 4.69) is 9.97 Å². The number of hydrogen-bond donors (Lipinski definition) is 0. The van der Waals surface area contributed by atoms with Gasteiger partial charge in [-0.15, -0.1) is 0 Å². The minimum Gasteiger partial charge on any atom is -0.337 e. The van der Waals surface area contributed by atoms with Gasteiger partial charge >= 0.3 is 0 Å². The standard InChI is InChI=1S/C13H13Cl2N3/c1-9(11-5-4-10(14)8-12(11)15)18(2)13-16-6-3-7-17-13/h3-9H,1-2H3. The van der Waals surface area contributed by atoms with Gasteiger partial charge in [0.15, 0.2) is 0 Å². The molecule has 0 fully saturated rings. The van der Waals surface area contributed by atoms with Gasteiger partial charge in [-0.25, -0.2) is 9.97 Å². The molecule has 0 N–H and O–H groups in total. The van der Waals surface area contributed by atoms with Crippen LogP contribution >= 0.6 is 23.2 Å². The predicted octanol–water partition coefficient (Wildman–Crippen LogP) is 3.98. The van der Waals surface area contributed by atoms with Gasteiger partial charge in [-0.3, -0.25) is 0 Å². The summed E-state index contributed by atoms with van der Waals surface area (Å²) >= 11 is 12.1. The summed E-state index contributed by atoms with van der Waals surface area (Å²) in [5, 5.41) is 1.28. The number of aromatic nitrogens is 2. The van der Waals surface area contributed by atoms with Crippen molar-refractivity contribution >= 4 is 29.2 Å². The first-order chi connectivity index (χ1) is 8.59. The third kappa shape index (κ3) is 2.74. The molecule has 1 aromatic heterocycles. The molecular weight excluding hydrogens is 269 g/mol. The molecule has 0 saturated heterocycles. The number of halogens is 2. The van der Waals surface area contributed by atoms with E-state index in [0.717, 1.165) is 5.56 Å². The Labute approximate surface area is 116 Å². The largest absolute Gasteiger partial charge is 0.337 e. The number of anilines is 1. The number of benzene rings is 1. The second-order valence-corrected chi connectivity index (χ2v) is 4.85. The molecule has 1 heterocycles. The van der Waals surface area contributed by atoms with E-state index in [9.17, 15) is 0 Å². The van der Waals surface area contributed by atoms with Crippen molar-refractivity contribution in [2.45, 2.75) is 13.0 Å². The van der Waals surface area contributed by atoms with E-state index in [1.807, 2.05) is 31.0 Å². The molecule has 5 heteroatoms. The van der Waals surface area contributed by atoms with Crippen molar-refractivity contribution in [1.82, 2.24) is 9.97 Å². The van der Waals surface area contributed by atoms with E-state index < -0.39 is 0 Å². The molecule has 1 aromatic carbocycles. The maximum Gasteiger partial charge on any atom is 0.225 e. The third-order valence-electron chi connectivity index (χ3n) is 2.86. The van der Waals surface area contributed by atoms with E-state index in [-0.39, 0.29) is 6.04 Å². The van der Waals surface area contributed by atoms with Crippen LogP contribution in [0.2, 0.25) is 10.0 Å². The van der Waals surface area contributed by atoms with Crippen molar-refractivity contribution in [3.8, 4) is 0 Å². The first-order valence-electron chi connectivity index (χ1n) is 5.54. The molecule has 1 atom stereocenters. The summed E-state index contributed by atoms with van der Waals surface area (Å²) in [6.45, 7) is 2.05. The zero-order valence-corrected chi connectivity index (χ0v) is 11.7. The van der Waals surface area contributed by atoms with Gasteiger partial charge in [-0.05, 0) is 30.7 Å². The van der Waals surface area contributed by atoms with Gasteiger partial charge in [0, 0.05) is 29.5 Å². The summed E-state index contributed by atoms with van der Waals surface area (Å²) in [4.78, 5) is 10.4. The molecule has 18 heavy (non-hydrogen) atoms. The molecule has 0 radical (unpaired) electrons. The molecule has 2 rings (SSSR count). The Morgan fingerprint density at radius 1 is 1.17 bits per heavy atom. The number of rotatable bonds is 3. The summed E-state index contributed by atoms with van der Waals surface area (Å²) in [6, 6.07) is 7.36. The second-order valence-electron chi connectivity index (χ2n) is 4.00. The van der Waals surface area contributed by atoms with E-state index in [1.165, 1.54) is 0 Å². The average Bonchev–Trinajstić information content (AvgIpc) is 2.38. The van der Waals surface area contributed by atoms with Crippen LogP contribution in [0.4, 0.5) is 5.95 Å². The van der Waals surface area contributed by atoms with Crippen molar-refractivity contribution in [2.24, 2.45) is 0 Å². The summed E-state index contributed by atoms with van der Waals surface area (Å²) in [6.07, 6.45) is 3.43. The molecular formula is C13H13Cl2N3. The van der Waals surface area contributed by atoms with Crippen molar-refractivity contribution in [3.63, 3.8) is 0 Å². The van der Waals surface area contributed by atoms with Gasteiger partial charge in [0.05, 0.1) is 6.04 Å². The lowest BCUT2D eigenvalue weighted by atomic mass is 10.1. The van der Waals surface area contributed by atoms with Crippen molar-refractivity contribution in [1.29, 1.82) is 0 Å². The van der Waals surface area contributed by atoms with Crippen LogP contribution in [0.15, 0.2) is 36.7 Å². The SMILES string of the molecule is CC(c1ccc(Cl)cc1Cl)N(C)c1ncccn1. The maximum atomic E-state index is 6.20. The summed E-state index contributed by atoms with van der Waals surface area (Å²) < 4.78 is 0. The molecule has 0 bridgehead atoms. The lowest BCUT2D eigenvalue weighted by Gasteiger charge is -2.25. The molecule has 0 amide bonds. The minimum atomic E-state index is 0.0668. The van der Waals surface area contributed by atoms with Crippen LogP contribution in [0.25, 0.3) is 0 Å². The first-order valence-corrected chi connectivity index (χ1v) is 6.30. The van der Waals surface area contributed by atoms with Crippen LogP contribution in [0.3, 0.4) is 0 Å². The summed E-state index contributed by atoms with van der Waals surface area (Å²) in [7, 11) is 1.94. The summed E-state index contributed by atoms with van der Waals surface area (Å²) in [5.74, 6) is 0.663. The van der Waals surface area contributed by atoms with Crippen LogP contribution in [0.1, 0.15) is 18.5 Å². The van der Waals surface area contributed by atoms with Crippen molar-refractivity contribution in [2.75, 3.05) is 11.9 Å². The lowest BCUT2D eigenvalue weighted by Crippen LogP contribution is -2.23. The van der Waals surface area contributed by atoms with E-state index in [4.69, 9.17) is 23.2 Å². The third-order valence-corrected chi connectivity index (χ3v) is 3.42. The quantitative estimate of drug-likeness (QED) is 0.852. The van der Waals surface area contributed by atoms with E-state index >= 15 is 0 Å². The maximum absolute atomic E-state index is 6.20. The van der Waals surface area contributed by atoms with Gasteiger partial charge in [0.25, 0.3) is 0 Å². The van der Waals surface area contributed by atoms with Crippen LogP contribution in [-0.2, 0) is 0 Å². The molecule has 3 nitrogen and oxygen atoms in total. The Bertz CT molecular complexity index is 531. The fourth-order valence-electron chi connectivity index (χ4n) is 1.70. The van der Waals surface area contributed by atoms with E-state index in [0.29, 0.717) is 16.0 Å². The molecule has 0 aliphatic heterocycles. The molecule has 94 valence electrons. The molecule has 1 unspecified atom stereocenters. The van der Waals surface area contributed by atoms with E-state index in [1.54, 1.807) is 24.5 Å². The van der Waals surface area contributed by atoms with Gasteiger partial charge < -0.3 is 4.90 Å². The number of hydrogen-bond acceptors (Lipinski definition) is 3. The highest BCUT2D eigenvalue weighted by Crippen LogP contribution is 2.30. The highest BCUT2D eigenvalue weighted by molar-refractivity contribution is 6.35. The molecule has 0 saturated carbocycles. The Morgan fingerprint density at radius 3 is 2.44 bits per heavy atom. The lowest BCUT2D eigenvalue weighted by molar-refractivity contribution is 0.715. The van der Waals surface area contributed by atoms with Crippen molar-refractivity contribution in [3.05, 3.63) is 52.3 Å². The van der Waals surface area contributed by atoms with Crippen LogP contribution in [0, 0.1) is 0 Å². The zero-order chi connectivity index (χ0) is 13.1. The Hall–Kier alpha value is -1.32. The number of nitrogens with zero attached hydrogens (tertiary/aromatic N) is 3. The smallest absolute Gasteiger partial charge is 0.225 e. The van der Waals surface area contributed by atoms with Gasteiger partial charge in [-0.1, -0.05) is 29.3 Å². The topological polar surface area (TPSA) is 29.0 Å². The second kappa shape index (κ2) is 5.55. The fourth-order valence-corrected chi connectivity index (χ4v) is 2.26. The molecule has 0 aliphatic carbocycles. The van der Waals surface area contributed by atoms with Gasteiger partial charge in [0.2, 0.25) is 5.95 Å². The molecule has 2 aromatic rings. The Morgan fingerprint density at radius 2 is 1.83 bits per heavy atom. The van der Waals surface area contributed by atoms with Crippen LogP contribution in [0.5, 0.6) is 0 Å². The summed E-state index contributed by atoms with van der Waals surface area (Å²) in [5.41, 5.74) is 0.996. The van der Waals surface area contributed by atoms with Crippen LogP contribution < -0.4 is 4.90 Å². The average molecular weight is 282 g/mol.